The third-order valence-corrected chi connectivity index (χ3v) is 3.10. The van der Waals surface area contributed by atoms with Gasteiger partial charge in [0.05, 0.1) is 19.8 Å². The van der Waals surface area contributed by atoms with Crippen LogP contribution in [0.5, 0.6) is 11.8 Å². The minimum Gasteiger partial charge on any atom is -0.481 e. The molecule has 0 radical (unpaired) electrons. The largest absolute Gasteiger partial charge is 0.481 e. The molecular weight excluding hydrogens is 218 g/mol. The third-order valence-electron chi connectivity index (χ3n) is 3.10. The molecule has 2 N–H and O–H groups in total. The number of hydrogen-bond donors (Lipinski definition) is 1. The maximum Gasteiger partial charge on any atom is 0.226 e. The van der Waals surface area contributed by atoms with Gasteiger partial charge in [-0.15, -0.1) is 0 Å². The Labute approximate surface area is 101 Å². The second-order valence-electron chi connectivity index (χ2n) is 4.42. The van der Waals surface area contributed by atoms with Gasteiger partial charge in [0.2, 0.25) is 17.7 Å². The van der Waals surface area contributed by atoms with Gasteiger partial charge in [-0.05, 0) is 18.8 Å². The van der Waals surface area contributed by atoms with E-state index in [9.17, 15) is 0 Å². The first-order valence-electron chi connectivity index (χ1n) is 6.09. The van der Waals surface area contributed by atoms with Crippen LogP contribution in [0.15, 0.2) is 6.07 Å². The smallest absolute Gasteiger partial charge is 0.226 e. The van der Waals surface area contributed by atoms with Crippen LogP contribution in [0.2, 0.25) is 0 Å². The lowest BCUT2D eigenvalue weighted by Crippen LogP contribution is -2.16. The van der Waals surface area contributed by atoms with Crippen molar-refractivity contribution in [2.75, 3.05) is 19.5 Å². The number of ether oxygens (including phenoxy) is 2. The number of hydrogen-bond acceptors (Lipinski definition) is 5. The van der Waals surface area contributed by atoms with Gasteiger partial charge in [0.25, 0.3) is 0 Å². The number of aromatic nitrogens is 2. The maximum absolute atomic E-state index is 5.66. The molecule has 0 saturated heterocycles. The van der Waals surface area contributed by atoms with Crippen LogP contribution < -0.4 is 15.2 Å². The predicted molar refractivity (Wildman–Crippen MR) is 65.1 cm³/mol. The van der Waals surface area contributed by atoms with E-state index >= 15 is 0 Å². The lowest BCUT2D eigenvalue weighted by Gasteiger charge is -2.21. The molecule has 1 aromatic rings. The van der Waals surface area contributed by atoms with Crippen LogP contribution in [0.4, 0.5) is 5.95 Å². The molecule has 1 heterocycles. The summed E-state index contributed by atoms with van der Waals surface area (Å²) < 4.78 is 10.7. The zero-order chi connectivity index (χ0) is 12.1. The highest BCUT2D eigenvalue weighted by atomic mass is 16.5. The summed E-state index contributed by atoms with van der Waals surface area (Å²) in [6, 6.07) is 1.67. The topological polar surface area (TPSA) is 70.3 Å². The van der Waals surface area contributed by atoms with Gasteiger partial charge in [0.15, 0.2) is 0 Å². The van der Waals surface area contributed by atoms with Crippen LogP contribution in [0.3, 0.4) is 0 Å². The van der Waals surface area contributed by atoms with Gasteiger partial charge in [-0.25, -0.2) is 0 Å². The molecule has 94 valence electrons. The van der Waals surface area contributed by atoms with Crippen molar-refractivity contribution in [1.82, 2.24) is 9.97 Å². The number of anilines is 1. The zero-order valence-corrected chi connectivity index (χ0v) is 10.2. The Morgan fingerprint density at radius 3 is 2.65 bits per heavy atom. The second-order valence-corrected chi connectivity index (χ2v) is 4.42. The van der Waals surface area contributed by atoms with Crippen LogP contribution in [-0.2, 0) is 0 Å². The fourth-order valence-corrected chi connectivity index (χ4v) is 2.16. The highest BCUT2D eigenvalue weighted by Crippen LogP contribution is 2.25. The molecular formula is C12H19N3O2. The first-order chi connectivity index (χ1) is 8.28. The number of nitrogens with two attached hydrogens (primary N) is 1. The van der Waals surface area contributed by atoms with Gasteiger partial charge >= 0.3 is 0 Å². The Bertz CT molecular complexity index is 365. The molecule has 5 heteroatoms. The number of rotatable bonds is 4. The quantitative estimate of drug-likeness (QED) is 0.867. The van der Waals surface area contributed by atoms with Crippen molar-refractivity contribution >= 4 is 5.95 Å². The maximum atomic E-state index is 5.66. The molecule has 1 aliphatic rings. The highest BCUT2D eigenvalue weighted by Gasteiger charge is 2.14. The average molecular weight is 237 g/mol. The fraction of sp³-hybridized carbons (Fsp3) is 0.667. The molecule has 1 aromatic heterocycles. The van der Waals surface area contributed by atoms with E-state index in [1.165, 1.54) is 32.1 Å². The molecule has 2 rings (SSSR count). The normalized spacial score (nSPS) is 16.8. The van der Waals surface area contributed by atoms with E-state index in [-0.39, 0.29) is 5.95 Å². The number of methoxy groups -OCH3 is 1. The molecule has 0 unspecified atom stereocenters. The Balaban J connectivity index is 1.91. The minimum atomic E-state index is 0.183. The van der Waals surface area contributed by atoms with Gasteiger partial charge < -0.3 is 15.2 Å². The van der Waals surface area contributed by atoms with Crippen molar-refractivity contribution < 1.29 is 9.47 Å². The molecule has 0 spiro atoms. The van der Waals surface area contributed by atoms with Crippen LogP contribution in [0.1, 0.15) is 32.1 Å². The van der Waals surface area contributed by atoms with Gasteiger partial charge in [-0.1, -0.05) is 19.3 Å². The Hall–Kier alpha value is -1.52. The molecule has 0 aromatic carbocycles. The first-order valence-corrected chi connectivity index (χ1v) is 6.09. The SMILES string of the molecule is COc1cc(OCC2CCCCC2)nc(N)n1. The number of nitrogen functional groups attached to an aromatic ring is 1. The summed E-state index contributed by atoms with van der Waals surface area (Å²) in [4.78, 5) is 7.94. The van der Waals surface area contributed by atoms with Crippen LogP contribution in [-0.4, -0.2) is 23.7 Å². The average Bonchev–Trinajstić information content (AvgIpc) is 2.37. The lowest BCUT2D eigenvalue weighted by atomic mass is 9.90. The Kier molecular flexibility index (Phi) is 4.01. The second kappa shape index (κ2) is 5.70. The standard InChI is InChI=1S/C12H19N3O2/c1-16-10-7-11(15-12(13)14-10)17-8-9-5-3-2-4-6-9/h7,9H,2-6,8H2,1H3,(H2,13,14,15). The van der Waals surface area contributed by atoms with Crippen molar-refractivity contribution in [3.8, 4) is 11.8 Å². The summed E-state index contributed by atoms with van der Waals surface area (Å²) in [6.45, 7) is 0.708. The van der Waals surface area contributed by atoms with Crippen molar-refractivity contribution in [3.05, 3.63) is 6.07 Å². The summed E-state index contributed by atoms with van der Waals surface area (Å²) in [6.07, 6.45) is 6.46. The molecule has 0 aliphatic heterocycles. The number of nitrogens with zero attached hydrogens (tertiary/aromatic N) is 2. The molecule has 0 bridgehead atoms. The van der Waals surface area contributed by atoms with E-state index < -0.39 is 0 Å². The van der Waals surface area contributed by atoms with Crippen LogP contribution >= 0.6 is 0 Å². The highest BCUT2D eigenvalue weighted by molar-refractivity contribution is 5.29. The minimum absolute atomic E-state index is 0.183. The summed E-state index contributed by atoms with van der Waals surface area (Å²) in [7, 11) is 1.55. The van der Waals surface area contributed by atoms with Gasteiger partial charge in [-0.3, -0.25) is 0 Å². The van der Waals surface area contributed by atoms with E-state index in [4.69, 9.17) is 15.2 Å². The van der Waals surface area contributed by atoms with E-state index in [0.29, 0.717) is 24.3 Å². The fourth-order valence-electron chi connectivity index (χ4n) is 2.16. The van der Waals surface area contributed by atoms with Gasteiger partial charge in [0.1, 0.15) is 0 Å². The zero-order valence-electron chi connectivity index (χ0n) is 10.2. The Morgan fingerprint density at radius 2 is 1.94 bits per heavy atom. The summed E-state index contributed by atoms with van der Waals surface area (Å²) in [5.74, 6) is 1.77. The van der Waals surface area contributed by atoms with Crippen LogP contribution in [0, 0.1) is 5.92 Å². The van der Waals surface area contributed by atoms with Crippen molar-refractivity contribution in [1.29, 1.82) is 0 Å². The van der Waals surface area contributed by atoms with E-state index in [0.717, 1.165) is 0 Å². The van der Waals surface area contributed by atoms with E-state index in [2.05, 4.69) is 9.97 Å². The van der Waals surface area contributed by atoms with Crippen molar-refractivity contribution in [2.24, 2.45) is 5.92 Å². The summed E-state index contributed by atoms with van der Waals surface area (Å²) in [5, 5.41) is 0. The molecule has 5 nitrogen and oxygen atoms in total. The van der Waals surface area contributed by atoms with Gasteiger partial charge in [-0.2, -0.15) is 9.97 Å². The monoisotopic (exact) mass is 237 g/mol. The van der Waals surface area contributed by atoms with Gasteiger partial charge in [0, 0.05) is 0 Å². The summed E-state index contributed by atoms with van der Waals surface area (Å²) in [5.41, 5.74) is 5.56. The molecule has 17 heavy (non-hydrogen) atoms. The van der Waals surface area contributed by atoms with Crippen LogP contribution in [0.25, 0.3) is 0 Å². The van der Waals surface area contributed by atoms with E-state index in [1.807, 2.05) is 0 Å². The van der Waals surface area contributed by atoms with E-state index in [1.54, 1.807) is 13.2 Å². The summed E-state index contributed by atoms with van der Waals surface area (Å²) >= 11 is 0. The Morgan fingerprint density at radius 1 is 1.24 bits per heavy atom. The lowest BCUT2D eigenvalue weighted by molar-refractivity contribution is 0.202. The molecule has 1 fully saturated rings. The van der Waals surface area contributed by atoms with Crippen molar-refractivity contribution in [2.45, 2.75) is 32.1 Å². The van der Waals surface area contributed by atoms with Crippen molar-refractivity contribution in [3.63, 3.8) is 0 Å². The molecule has 0 atom stereocenters. The first kappa shape index (κ1) is 12.0. The molecule has 1 aliphatic carbocycles. The third kappa shape index (κ3) is 3.47. The molecule has 0 amide bonds. The molecule has 1 saturated carbocycles. The predicted octanol–water partition coefficient (Wildman–Crippen LogP) is 2.03.